The molecule has 28 heavy (non-hydrogen) atoms. The number of benzene rings is 2. The van der Waals surface area contributed by atoms with Gasteiger partial charge in [0, 0.05) is 49.4 Å². The lowest BCUT2D eigenvalue weighted by molar-refractivity contribution is -0.131. The highest BCUT2D eigenvalue weighted by atomic mass is 16.2. The Hall–Kier alpha value is -3.08. The molecule has 4 rings (SSSR count). The van der Waals surface area contributed by atoms with Crippen molar-refractivity contribution in [1.29, 1.82) is 0 Å². The van der Waals surface area contributed by atoms with E-state index >= 15 is 0 Å². The molecule has 0 saturated carbocycles. The average Bonchev–Trinajstić information content (AvgIpc) is 2.73. The Kier molecular flexibility index (Phi) is 5.15. The van der Waals surface area contributed by atoms with E-state index in [1.54, 1.807) is 0 Å². The van der Waals surface area contributed by atoms with Crippen LogP contribution in [0.2, 0.25) is 0 Å². The van der Waals surface area contributed by atoms with Crippen LogP contribution in [0.1, 0.15) is 17.5 Å². The molecule has 1 aliphatic rings. The number of amides is 1. The van der Waals surface area contributed by atoms with E-state index in [1.807, 2.05) is 48.2 Å². The minimum atomic E-state index is -0.0509. The van der Waals surface area contributed by atoms with Gasteiger partial charge in [-0.25, -0.2) is 0 Å². The summed E-state index contributed by atoms with van der Waals surface area (Å²) in [6.45, 7) is 5.10. The average molecular weight is 375 g/mol. The Labute approximate surface area is 164 Å². The van der Waals surface area contributed by atoms with Crippen LogP contribution in [0.15, 0.2) is 59.4 Å². The molecule has 0 radical (unpaired) electrons. The van der Waals surface area contributed by atoms with Gasteiger partial charge < -0.3 is 14.8 Å². The molecule has 0 spiro atoms. The Morgan fingerprint density at radius 1 is 1.00 bits per heavy atom. The highest BCUT2D eigenvalue weighted by Crippen LogP contribution is 2.18. The summed E-state index contributed by atoms with van der Waals surface area (Å²) in [5.74, 6) is 0.213. The summed E-state index contributed by atoms with van der Waals surface area (Å²) >= 11 is 0. The van der Waals surface area contributed by atoms with Crippen LogP contribution >= 0.6 is 0 Å². The number of piperazine rings is 1. The molecular formula is C23H25N3O2. The number of anilines is 1. The zero-order chi connectivity index (χ0) is 19.5. The first kappa shape index (κ1) is 18.3. The maximum Gasteiger partial charge on any atom is 0.251 e. The van der Waals surface area contributed by atoms with Crippen LogP contribution in [0.3, 0.4) is 0 Å². The number of rotatable bonds is 4. The smallest absolute Gasteiger partial charge is 0.251 e. The topological polar surface area (TPSA) is 56.4 Å². The summed E-state index contributed by atoms with van der Waals surface area (Å²) in [5, 5.41) is 1.01. The second-order valence-electron chi connectivity index (χ2n) is 7.41. The van der Waals surface area contributed by atoms with Crippen molar-refractivity contribution in [3.8, 4) is 0 Å². The highest BCUT2D eigenvalue weighted by Gasteiger charge is 2.20. The summed E-state index contributed by atoms with van der Waals surface area (Å²) in [4.78, 5) is 31.5. The summed E-state index contributed by atoms with van der Waals surface area (Å²) in [5.41, 5.74) is 3.83. The van der Waals surface area contributed by atoms with E-state index in [2.05, 4.69) is 28.1 Å². The number of para-hydroxylation sites is 1. The molecule has 0 bridgehead atoms. The van der Waals surface area contributed by atoms with Crippen LogP contribution in [0.25, 0.3) is 10.9 Å². The van der Waals surface area contributed by atoms with E-state index in [4.69, 9.17) is 0 Å². The lowest BCUT2D eigenvalue weighted by atomic mass is 10.0. The molecule has 0 unspecified atom stereocenters. The Morgan fingerprint density at radius 2 is 1.75 bits per heavy atom. The Balaban J connectivity index is 1.34. The normalized spacial score (nSPS) is 14.5. The van der Waals surface area contributed by atoms with Crippen molar-refractivity contribution in [3.05, 3.63) is 76.1 Å². The first-order valence-corrected chi connectivity index (χ1v) is 9.80. The van der Waals surface area contributed by atoms with Gasteiger partial charge in [0.2, 0.25) is 5.91 Å². The third kappa shape index (κ3) is 3.93. The van der Waals surface area contributed by atoms with E-state index in [9.17, 15) is 9.59 Å². The zero-order valence-electron chi connectivity index (χ0n) is 16.1. The number of aromatic nitrogens is 1. The van der Waals surface area contributed by atoms with Crippen molar-refractivity contribution in [2.75, 3.05) is 31.1 Å². The van der Waals surface area contributed by atoms with E-state index in [0.29, 0.717) is 18.4 Å². The Morgan fingerprint density at radius 3 is 2.50 bits per heavy atom. The monoisotopic (exact) mass is 375 g/mol. The van der Waals surface area contributed by atoms with Gasteiger partial charge in [-0.1, -0.05) is 24.3 Å². The molecule has 0 atom stereocenters. The number of nitrogens with zero attached hydrogens (tertiary/aromatic N) is 2. The van der Waals surface area contributed by atoms with Gasteiger partial charge in [0.1, 0.15) is 0 Å². The molecular weight excluding hydrogens is 350 g/mol. The van der Waals surface area contributed by atoms with Crippen molar-refractivity contribution < 1.29 is 4.79 Å². The first-order chi connectivity index (χ1) is 13.6. The van der Waals surface area contributed by atoms with Crippen LogP contribution in [0.4, 0.5) is 5.69 Å². The zero-order valence-corrected chi connectivity index (χ0v) is 16.1. The quantitative estimate of drug-likeness (QED) is 0.762. The third-order valence-electron chi connectivity index (χ3n) is 5.48. The van der Waals surface area contributed by atoms with Gasteiger partial charge in [-0.05, 0) is 54.6 Å². The number of fused-ring (bicyclic) bond motifs is 1. The number of aryl methyl sites for hydroxylation is 2. The SMILES string of the molecule is Cc1cc2cc(CCC(=O)N3CCN(c4ccccc4)CC3)ccc2[nH]c1=O. The van der Waals surface area contributed by atoms with Crippen molar-refractivity contribution in [2.24, 2.45) is 0 Å². The third-order valence-corrected chi connectivity index (χ3v) is 5.48. The Bertz CT molecular complexity index is 1030. The summed E-state index contributed by atoms with van der Waals surface area (Å²) in [7, 11) is 0. The summed E-state index contributed by atoms with van der Waals surface area (Å²) in [6, 6.07) is 18.2. The van der Waals surface area contributed by atoms with Crippen molar-refractivity contribution in [1.82, 2.24) is 9.88 Å². The predicted octanol–water partition coefficient (Wildman–Crippen LogP) is 3.12. The molecule has 1 N–H and O–H groups in total. The number of aromatic amines is 1. The lowest BCUT2D eigenvalue weighted by Crippen LogP contribution is -2.48. The van der Waals surface area contributed by atoms with Crippen LogP contribution in [-0.2, 0) is 11.2 Å². The fourth-order valence-corrected chi connectivity index (χ4v) is 3.78. The second kappa shape index (κ2) is 7.89. The number of hydrogen-bond acceptors (Lipinski definition) is 3. The summed E-state index contributed by atoms with van der Waals surface area (Å²) < 4.78 is 0. The molecule has 1 aliphatic heterocycles. The van der Waals surface area contributed by atoms with Crippen molar-refractivity contribution in [2.45, 2.75) is 19.8 Å². The maximum absolute atomic E-state index is 12.6. The molecule has 1 saturated heterocycles. The molecule has 5 heteroatoms. The summed E-state index contributed by atoms with van der Waals surface area (Å²) in [6.07, 6.45) is 1.23. The van der Waals surface area contributed by atoms with Gasteiger partial charge in [-0.3, -0.25) is 9.59 Å². The van der Waals surface area contributed by atoms with Crippen molar-refractivity contribution >= 4 is 22.5 Å². The van der Waals surface area contributed by atoms with E-state index in [0.717, 1.165) is 42.6 Å². The molecule has 3 aromatic rings. The predicted molar refractivity (Wildman–Crippen MR) is 113 cm³/mol. The minimum Gasteiger partial charge on any atom is -0.368 e. The number of nitrogens with one attached hydrogen (secondary N) is 1. The molecule has 2 aromatic carbocycles. The fourth-order valence-electron chi connectivity index (χ4n) is 3.78. The van der Waals surface area contributed by atoms with Gasteiger partial charge in [0.25, 0.3) is 5.56 Å². The van der Waals surface area contributed by atoms with Crippen LogP contribution in [-0.4, -0.2) is 42.0 Å². The van der Waals surface area contributed by atoms with E-state index in [1.165, 1.54) is 5.69 Å². The molecule has 0 aliphatic carbocycles. The van der Waals surface area contributed by atoms with Crippen LogP contribution in [0, 0.1) is 6.92 Å². The number of pyridine rings is 1. The van der Waals surface area contributed by atoms with Gasteiger partial charge >= 0.3 is 0 Å². The molecule has 2 heterocycles. The van der Waals surface area contributed by atoms with Gasteiger partial charge in [0.05, 0.1) is 0 Å². The molecule has 1 fully saturated rings. The largest absolute Gasteiger partial charge is 0.368 e. The van der Waals surface area contributed by atoms with E-state index < -0.39 is 0 Å². The van der Waals surface area contributed by atoms with Crippen LogP contribution in [0.5, 0.6) is 0 Å². The lowest BCUT2D eigenvalue weighted by Gasteiger charge is -2.36. The van der Waals surface area contributed by atoms with Gasteiger partial charge in [-0.2, -0.15) is 0 Å². The van der Waals surface area contributed by atoms with E-state index in [-0.39, 0.29) is 11.5 Å². The second-order valence-corrected chi connectivity index (χ2v) is 7.41. The first-order valence-electron chi connectivity index (χ1n) is 9.80. The maximum atomic E-state index is 12.6. The molecule has 1 aromatic heterocycles. The molecule has 144 valence electrons. The van der Waals surface area contributed by atoms with Gasteiger partial charge in [0.15, 0.2) is 0 Å². The minimum absolute atomic E-state index is 0.0509. The number of hydrogen-bond donors (Lipinski definition) is 1. The number of carbonyl (C=O) groups is 1. The van der Waals surface area contributed by atoms with Gasteiger partial charge in [-0.15, -0.1) is 0 Å². The number of H-pyrrole nitrogens is 1. The molecule has 1 amide bonds. The number of carbonyl (C=O) groups excluding carboxylic acids is 1. The highest BCUT2D eigenvalue weighted by molar-refractivity contribution is 5.80. The van der Waals surface area contributed by atoms with Crippen LogP contribution < -0.4 is 10.5 Å². The van der Waals surface area contributed by atoms with Crippen molar-refractivity contribution in [3.63, 3.8) is 0 Å². The standard InChI is InChI=1S/C23H25N3O2/c1-17-15-19-16-18(7-9-21(19)24-23(17)28)8-10-22(27)26-13-11-25(12-14-26)20-5-3-2-4-6-20/h2-7,9,15-16H,8,10-14H2,1H3,(H,24,28). The molecule has 5 nitrogen and oxygen atoms in total. The fraction of sp³-hybridized carbons (Fsp3) is 0.304.